The number of benzene rings is 1. The summed E-state index contributed by atoms with van der Waals surface area (Å²) in [5.74, 6) is -0.319. The van der Waals surface area contributed by atoms with Crippen molar-refractivity contribution in [3.05, 3.63) is 38.4 Å². The molecule has 1 fully saturated rings. The molecular formula is C12H12N4O6. The van der Waals surface area contributed by atoms with Crippen LogP contribution in [0.4, 0.5) is 17.1 Å². The van der Waals surface area contributed by atoms with Crippen LogP contribution in [0.5, 0.6) is 0 Å². The molecule has 1 N–H and O–H groups in total. The molecule has 0 aromatic heterocycles. The van der Waals surface area contributed by atoms with Gasteiger partial charge in [0.2, 0.25) is 0 Å². The lowest BCUT2D eigenvalue weighted by Crippen LogP contribution is -2.18. The van der Waals surface area contributed by atoms with Crippen molar-refractivity contribution in [3.8, 4) is 0 Å². The normalized spacial score (nSPS) is 18.0. The van der Waals surface area contributed by atoms with Gasteiger partial charge in [0, 0.05) is 18.9 Å². The molecule has 1 atom stereocenters. The summed E-state index contributed by atoms with van der Waals surface area (Å²) in [7, 11) is 0. The van der Waals surface area contributed by atoms with E-state index in [1.807, 2.05) is 0 Å². The Labute approximate surface area is 124 Å². The molecule has 0 amide bonds. The van der Waals surface area contributed by atoms with E-state index in [2.05, 4.69) is 10.5 Å². The molecule has 1 saturated heterocycles. The maximum Gasteiger partial charge on any atom is 0.306 e. The number of ether oxygens (including phenoxy) is 1. The average molecular weight is 308 g/mol. The van der Waals surface area contributed by atoms with Crippen molar-refractivity contribution in [2.75, 3.05) is 5.43 Å². The van der Waals surface area contributed by atoms with Gasteiger partial charge in [0.25, 0.3) is 5.69 Å². The number of cyclic esters (lactones) is 1. The van der Waals surface area contributed by atoms with Crippen LogP contribution in [0.15, 0.2) is 23.3 Å². The first-order chi connectivity index (χ1) is 10.4. The smallest absolute Gasteiger partial charge is 0.306 e. The van der Waals surface area contributed by atoms with E-state index in [0.29, 0.717) is 18.6 Å². The molecule has 1 aromatic rings. The van der Waals surface area contributed by atoms with Crippen LogP contribution >= 0.6 is 0 Å². The number of nitrogens with one attached hydrogen (secondary N) is 1. The Balaban J connectivity index is 2.20. The number of hydrogen-bond acceptors (Lipinski definition) is 8. The predicted octanol–water partition coefficient (Wildman–Crippen LogP) is 2.00. The van der Waals surface area contributed by atoms with Gasteiger partial charge in [0.1, 0.15) is 11.8 Å². The Morgan fingerprint density at radius 2 is 2.09 bits per heavy atom. The van der Waals surface area contributed by atoms with E-state index < -0.39 is 21.6 Å². The zero-order valence-electron chi connectivity index (χ0n) is 11.5. The molecule has 1 aliphatic heterocycles. The summed E-state index contributed by atoms with van der Waals surface area (Å²) < 4.78 is 5.01. The van der Waals surface area contributed by atoms with Gasteiger partial charge in [-0.2, -0.15) is 5.10 Å². The topological polar surface area (TPSA) is 137 Å². The lowest BCUT2D eigenvalue weighted by atomic mass is 10.2. The standard InChI is InChI=1S/C12H12N4O6/c1-7(11-4-5-12(17)22-11)13-14-9-3-2-8(15(18)19)6-10(9)16(20)21/h2-3,6,11,14H,4-5H2,1H3. The molecular weight excluding hydrogens is 296 g/mol. The minimum atomic E-state index is -0.740. The molecule has 1 unspecified atom stereocenters. The molecule has 22 heavy (non-hydrogen) atoms. The lowest BCUT2D eigenvalue weighted by Gasteiger charge is -2.09. The Morgan fingerprint density at radius 1 is 1.36 bits per heavy atom. The highest BCUT2D eigenvalue weighted by Crippen LogP contribution is 2.29. The van der Waals surface area contributed by atoms with Crippen molar-refractivity contribution < 1.29 is 19.4 Å². The summed E-state index contributed by atoms with van der Waals surface area (Å²) in [5, 5.41) is 25.6. The van der Waals surface area contributed by atoms with Crippen LogP contribution in [0.25, 0.3) is 0 Å². The second-order valence-corrected chi connectivity index (χ2v) is 4.60. The SMILES string of the molecule is CC(=NNc1ccc([N+](=O)[O-])cc1[N+](=O)[O-])C1CCC(=O)O1. The summed E-state index contributed by atoms with van der Waals surface area (Å²) in [6, 6.07) is 3.19. The van der Waals surface area contributed by atoms with Gasteiger partial charge in [-0.3, -0.25) is 30.4 Å². The van der Waals surface area contributed by atoms with Gasteiger partial charge in [-0.1, -0.05) is 0 Å². The van der Waals surface area contributed by atoms with Crippen molar-refractivity contribution in [1.29, 1.82) is 0 Å². The van der Waals surface area contributed by atoms with Crippen LogP contribution in [0.1, 0.15) is 19.8 Å². The van der Waals surface area contributed by atoms with Gasteiger partial charge >= 0.3 is 11.7 Å². The van der Waals surface area contributed by atoms with E-state index in [0.717, 1.165) is 12.1 Å². The second-order valence-electron chi connectivity index (χ2n) is 4.60. The third kappa shape index (κ3) is 3.34. The minimum Gasteiger partial charge on any atom is -0.456 e. The number of carbonyl (C=O) groups excluding carboxylic acids is 1. The van der Waals surface area contributed by atoms with Gasteiger partial charge in [0.15, 0.2) is 0 Å². The Bertz CT molecular complexity index is 672. The van der Waals surface area contributed by atoms with Crippen molar-refractivity contribution in [2.45, 2.75) is 25.9 Å². The fourth-order valence-corrected chi connectivity index (χ4v) is 1.92. The van der Waals surface area contributed by atoms with Crippen LogP contribution in [0.3, 0.4) is 0 Å². The Morgan fingerprint density at radius 3 is 2.64 bits per heavy atom. The first kappa shape index (κ1) is 15.4. The number of carbonyl (C=O) groups is 1. The highest BCUT2D eigenvalue weighted by atomic mass is 16.6. The van der Waals surface area contributed by atoms with Gasteiger partial charge in [-0.05, 0) is 13.0 Å². The molecule has 0 spiro atoms. The molecule has 10 nitrogen and oxygen atoms in total. The summed E-state index contributed by atoms with van der Waals surface area (Å²) in [4.78, 5) is 31.2. The van der Waals surface area contributed by atoms with Crippen molar-refractivity contribution in [1.82, 2.24) is 0 Å². The van der Waals surface area contributed by atoms with E-state index in [9.17, 15) is 25.0 Å². The maximum atomic E-state index is 11.0. The van der Waals surface area contributed by atoms with Gasteiger partial charge < -0.3 is 4.74 Å². The first-order valence-corrected chi connectivity index (χ1v) is 6.31. The van der Waals surface area contributed by atoms with Crippen LogP contribution < -0.4 is 5.43 Å². The number of non-ortho nitro benzene ring substituents is 1. The fourth-order valence-electron chi connectivity index (χ4n) is 1.92. The summed E-state index contributed by atoms with van der Waals surface area (Å²) >= 11 is 0. The van der Waals surface area contributed by atoms with Crippen molar-refractivity contribution >= 4 is 28.7 Å². The van der Waals surface area contributed by atoms with Gasteiger partial charge in [0.05, 0.1) is 21.6 Å². The molecule has 116 valence electrons. The van der Waals surface area contributed by atoms with E-state index in [1.54, 1.807) is 6.92 Å². The van der Waals surface area contributed by atoms with Crippen LogP contribution in [0.2, 0.25) is 0 Å². The number of rotatable bonds is 5. The third-order valence-electron chi connectivity index (χ3n) is 3.09. The highest BCUT2D eigenvalue weighted by Gasteiger charge is 2.26. The van der Waals surface area contributed by atoms with Crippen LogP contribution in [0, 0.1) is 20.2 Å². The van der Waals surface area contributed by atoms with Gasteiger partial charge in [-0.15, -0.1) is 0 Å². The quantitative estimate of drug-likeness (QED) is 0.380. The van der Waals surface area contributed by atoms with E-state index in [-0.39, 0.29) is 17.3 Å². The maximum absolute atomic E-state index is 11.0. The zero-order chi connectivity index (χ0) is 16.3. The second kappa shape index (κ2) is 6.16. The molecule has 2 rings (SSSR count). The summed E-state index contributed by atoms with van der Waals surface area (Å²) in [6.07, 6.45) is 0.338. The van der Waals surface area contributed by atoms with Crippen LogP contribution in [-0.2, 0) is 9.53 Å². The first-order valence-electron chi connectivity index (χ1n) is 6.31. The highest BCUT2D eigenvalue weighted by molar-refractivity contribution is 5.91. The van der Waals surface area contributed by atoms with Crippen molar-refractivity contribution in [3.63, 3.8) is 0 Å². The monoisotopic (exact) mass is 308 g/mol. The Hall–Kier alpha value is -3.04. The molecule has 1 heterocycles. The zero-order valence-corrected chi connectivity index (χ0v) is 11.5. The average Bonchev–Trinajstić information content (AvgIpc) is 2.91. The number of esters is 1. The molecule has 0 bridgehead atoms. The predicted molar refractivity (Wildman–Crippen MR) is 75.6 cm³/mol. The van der Waals surface area contributed by atoms with Gasteiger partial charge in [-0.25, -0.2) is 0 Å². The summed E-state index contributed by atoms with van der Waals surface area (Å²) in [6.45, 7) is 1.62. The number of nitrogens with zero attached hydrogens (tertiary/aromatic N) is 3. The molecule has 1 aromatic carbocycles. The van der Waals surface area contributed by atoms with Crippen molar-refractivity contribution in [2.24, 2.45) is 5.10 Å². The molecule has 0 aliphatic carbocycles. The number of nitro groups is 2. The minimum absolute atomic E-state index is 0.0132. The summed E-state index contributed by atoms with van der Waals surface area (Å²) in [5.41, 5.74) is 2.10. The molecule has 0 saturated carbocycles. The third-order valence-corrected chi connectivity index (χ3v) is 3.09. The molecule has 1 aliphatic rings. The van der Waals surface area contributed by atoms with E-state index >= 15 is 0 Å². The number of hydrogen-bond donors (Lipinski definition) is 1. The van der Waals surface area contributed by atoms with Crippen LogP contribution in [-0.4, -0.2) is 27.6 Å². The molecule has 0 radical (unpaired) electrons. The fraction of sp³-hybridized carbons (Fsp3) is 0.333. The van der Waals surface area contributed by atoms with E-state index in [1.165, 1.54) is 6.07 Å². The Kier molecular flexibility index (Phi) is 4.30. The lowest BCUT2D eigenvalue weighted by molar-refractivity contribution is -0.393. The van der Waals surface area contributed by atoms with E-state index in [4.69, 9.17) is 4.74 Å². The number of hydrazone groups is 1. The molecule has 10 heteroatoms. The number of anilines is 1. The largest absolute Gasteiger partial charge is 0.456 e. The number of nitro benzene ring substituents is 2.